The number of aryl methyl sites for hydroxylation is 1. The van der Waals surface area contributed by atoms with Crippen molar-refractivity contribution in [1.29, 1.82) is 0 Å². The molecule has 0 aliphatic carbocycles. The highest BCUT2D eigenvalue weighted by Gasteiger charge is 2.22. The number of aromatic nitrogens is 3. The Morgan fingerprint density at radius 1 is 1.50 bits per heavy atom. The zero-order valence-corrected chi connectivity index (χ0v) is 10.2. The van der Waals surface area contributed by atoms with Gasteiger partial charge in [-0.2, -0.15) is 4.98 Å². The number of rotatable bonds is 0. The van der Waals surface area contributed by atoms with Crippen LogP contribution in [0.3, 0.4) is 0 Å². The zero-order chi connectivity index (χ0) is 11.3. The number of pyridine rings is 1. The van der Waals surface area contributed by atoms with E-state index in [4.69, 9.17) is 0 Å². The maximum atomic E-state index is 11.7. The lowest BCUT2D eigenvalue weighted by atomic mass is 10.2. The molecule has 3 aliphatic rings. The second-order valence-corrected chi connectivity index (χ2v) is 4.59. The first-order chi connectivity index (χ1) is 7.66. The van der Waals surface area contributed by atoms with Gasteiger partial charge in [0.15, 0.2) is 0 Å². The molecule has 0 saturated heterocycles. The molecule has 16 heavy (non-hydrogen) atoms. The van der Waals surface area contributed by atoms with Crippen LogP contribution in [0.2, 0.25) is 0 Å². The number of hydrogen-bond donors (Lipinski definition) is 1. The van der Waals surface area contributed by atoms with Crippen LogP contribution in [0, 0.1) is 6.92 Å². The van der Waals surface area contributed by atoms with Crippen LogP contribution < -0.4 is 10.9 Å². The van der Waals surface area contributed by atoms with Gasteiger partial charge in [-0.3, -0.25) is 4.79 Å². The van der Waals surface area contributed by atoms with Crippen LogP contribution in [0.4, 0.5) is 5.82 Å². The number of fused-ring (bicyclic) bond motifs is 3. The monoisotopic (exact) mass is 280 g/mol. The van der Waals surface area contributed by atoms with Crippen LogP contribution >= 0.6 is 15.9 Å². The standard InChI is InChI=1S/C10H9BrN4O/c1-5-13-8-6(10(16)14-5)4-7(11)9-12-2-3-15(8)9/h4,12H,2-3H2,1H3. The molecule has 0 radical (unpaired) electrons. The average molecular weight is 281 g/mol. The van der Waals surface area contributed by atoms with Crippen molar-refractivity contribution in [3.8, 4) is 11.4 Å². The lowest BCUT2D eigenvalue weighted by molar-refractivity contribution is 0.778. The number of hydrogen-bond acceptors (Lipinski definition) is 4. The quantitative estimate of drug-likeness (QED) is 0.789. The summed E-state index contributed by atoms with van der Waals surface area (Å²) in [6.07, 6.45) is 0. The van der Waals surface area contributed by atoms with Crippen molar-refractivity contribution < 1.29 is 0 Å². The second kappa shape index (κ2) is 3.28. The second-order valence-electron chi connectivity index (χ2n) is 3.73. The van der Waals surface area contributed by atoms with Crippen molar-refractivity contribution >= 4 is 21.7 Å². The minimum atomic E-state index is -0.217. The highest BCUT2D eigenvalue weighted by Crippen LogP contribution is 2.32. The molecule has 0 bridgehead atoms. The molecule has 0 unspecified atom stereocenters. The van der Waals surface area contributed by atoms with Gasteiger partial charge in [-0.15, -0.1) is 0 Å². The van der Waals surface area contributed by atoms with Gasteiger partial charge in [0, 0.05) is 13.1 Å². The van der Waals surface area contributed by atoms with Crippen LogP contribution in [0.15, 0.2) is 15.3 Å². The summed E-state index contributed by atoms with van der Waals surface area (Å²) >= 11 is 3.44. The summed E-state index contributed by atoms with van der Waals surface area (Å²) in [5, 5.41) is 3.25. The summed E-state index contributed by atoms with van der Waals surface area (Å²) in [4.78, 5) is 19.9. The molecule has 1 N–H and O–H groups in total. The summed E-state index contributed by atoms with van der Waals surface area (Å²) in [5.74, 6) is 2.20. The SMILES string of the molecule is Cc1nc2n3c(c(Br)cc-2c(=O)n1)NCC3. The summed E-state index contributed by atoms with van der Waals surface area (Å²) in [6, 6.07) is 1.78. The van der Waals surface area contributed by atoms with Gasteiger partial charge in [0.25, 0.3) is 5.56 Å². The Morgan fingerprint density at radius 3 is 3.12 bits per heavy atom. The highest BCUT2D eigenvalue weighted by atomic mass is 79.9. The maximum absolute atomic E-state index is 11.7. The van der Waals surface area contributed by atoms with Gasteiger partial charge in [0.1, 0.15) is 17.5 Å². The van der Waals surface area contributed by atoms with Gasteiger partial charge in [-0.1, -0.05) is 0 Å². The van der Waals surface area contributed by atoms with Crippen LogP contribution in [0.5, 0.6) is 0 Å². The molecular formula is C10H9BrN4O. The first-order valence-electron chi connectivity index (χ1n) is 4.98. The fraction of sp³-hybridized carbons (Fsp3) is 0.300. The van der Waals surface area contributed by atoms with E-state index in [2.05, 4.69) is 31.2 Å². The summed E-state index contributed by atoms with van der Waals surface area (Å²) in [5.41, 5.74) is 0.343. The fourth-order valence-electron chi connectivity index (χ4n) is 1.99. The molecule has 0 spiro atoms. The smallest absolute Gasteiger partial charge is 0.282 e. The fourth-order valence-corrected chi connectivity index (χ4v) is 2.57. The normalized spacial score (nSPS) is 13.9. The number of anilines is 1. The van der Waals surface area contributed by atoms with Crippen molar-refractivity contribution in [1.82, 2.24) is 14.5 Å². The van der Waals surface area contributed by atoms with E-state index in [0.29, 0.717) is 17.2 Å². The van der Waals surface area contributed by atoms with Crippen LogP contribution in [0.1, 0.15) is 5.82 Å². The molecule has 0 aromatic carbocycles. The van der Waals surface area contributed by atoms with Crippen LogP contribution in [0.25, 0.3) is 11.4 Å². The zero-order valence-electron chi connectivity index (χ0n) is 8.62. The third-order valence-corrected chi connectivity index (χ3v) is 3.26. The van der Waals surface area contributed by atoms with Crippen LogP contribution in [-0.4, -0.2) is 21.1 Å². The molecule has 0 amide bonds. The van der Waals surface area contributed by atoms with Crippen molar-refractivity contribution in [3.63, 3.8) is 0 Å². The van der Waals surface area contributed by atoms with Gasteiger partial charge >= 0.3 is 0 Å². The van der Waals surface area contributed by atoms with E-state index < -0.39 is 0 Å². The lowest BCUT2D eigenvalue weighted by Crippen LogP contribution is -2.18. The van der Waals surface area contributed by atoms with Gasteiger partial charge in [-0.05, 0) is 28.9 Å². The van der Waals surface area contributed by atoms with Crippen molar-refractivity contribution in [3.05, 3.63) is 26.7 Å². The summed E-state index contributed by atoms with van der Waals surface area (Å²) in [7, 11) is 0. The van der Waals surface area contributed by atoms with Gasteiger partial charge in [0.05, 0.1) is 10.0 Å². The van der Waals surface area contributed by atoms with E-state index in [0.717, 1.165) is 23.4 Å². The molecule has 0 aromatic rings. The van der Waals surface area contributed by atoms with Crippen molar-refractivity contribution in [2.45, 2.75) is 13.5 Å². The number of halogens is 1. The van der Waals surface area contributed by atoms with Gasteiger partial charge in [-0.25, -0.2) is 4.98 Å². The van der Waals surface area contributed by atoms with E-state index in [-0.39, 0.29) is 5.56 Å². The van der Waals surface area contributed by atoms with E-state index in [9.17, 15) is 4.79 Å². The Morgan fingerprint density at radius 2 is 2.31 bits per heavy atom. The van der Waals surface area contributed by atoms with Gasteiger partial charge in [0.2, 0.25) is 0 Å². The van der Waals surface area contributed by atoms with Crippen LogP contribution in [-0.2, 0) is 6.54 Å². The Bertz CT molecular complexity index is 607. The predicted octanol–water partition coefficient (Wildman–Crippen LogP) is 1.24. The lowest BCUT2D eigenvalue weighted by Gasteiger charge is -2.13. The highest BCUT2D eigenvalue weighted by molar-refractivity contribution is 9.10. The molecule has 0 saturated carbocycles. The molecule has 3 heterocycles. The Labute approximate surface area is 100 Å². The van der Waals surface area contributed by atoms with Crippen molar-refractivity contribution in [2.75, 3.05) is 11.9 Å². The van der Waals surface area contributed by atoms with Gasteiger partial charge < -0.3 is 9.88 Å². The van der Waals surface area contributed by atoms with Crippen molar-refractivity contribution in [2.24, 2.45) is 0 Å². The minimum absolute atomic E-state index is 0.217. The Hall–Kier alpha value is -1.43. The maximum Gasteiger partial charge on any atom is 0.282 e. The number of nitrogens with one attached hydrogen (secondary N) is 1. The molecule has 3 aliphatic heterocycles. The first kappa shape index (κ1) is 9.77. The summed E-state index contributed by atoms with van der Waals surface area (Å²) in [6.45, 7) is 3.41. The molecule has 0 aromatic heterocycles. The molecule has 6 heteroatoms. The largest absolute Gasteiger partial charge is 0.369 e. The third-order valence-electron chi connectivity index (χ3n) is 2.65. The van der Waals surface area contributed by atoms with E-state index >= 15 is 0 Å². The third kappa shape index (κ3) is 1.26. The minimum Gasteiger partial charge on any atom is -0.369 e. The molecule has 5 nitrogen and oxygen atoms in total. The molecule has 3 rings (SSSR count). The average Bonchev–Trinajstić information content (AvgIpc) is 2.69. The van der Waals surface area contributed by atoms with E-state index in [1.807, 2.05) is 4.57 Å². The topological polar surface area (TPSA) is 59.8 Å². The Balaban J connectivity index is 2.47. The predicted molar refractivity (Wildman–Crippen MR) is 63.8 cm³/mol. The summed E-state index contributed by atoms with van der Waals surface area (Å²) < 4.78 is 2.89. The Kier molecular flexibility index (Phi) is 2.00. The molecule has 82 valence electrons. The van der Waals surface area contributed by atoms with E-state index in [1.165, 1.54) is 0 Å². The molecule has 0 fully saturated rings. The first-order valence-corrected chi connectivity index (χ1v) is 5.77. The number of nitrogens with zero attached hydrogens (tertiary/aromatic N) is 3. The molecular weight excluding hydrogens is 272 g/mol. The molecule has 0 atom stereocenters. The van der Waals surface area contributed by atoms with E-state index in [1.54, 1.807) is 13.0 Å².